The van der Waals surface area contributed by atoms with E-state index in [0.29, 0.717) is 22.7 Å². The first-order valence-electron chi connectivity index (χ1n) is 9.18. The zero-order valence-electron chi connectivity index (χ0n) is 15.9. The highest BCUT2D eigenvalue weighted by Crippen LogP contribution is 2.22. The molecule has 2 aromatic carbocycles. The van der Waals surface area contributed by atoms with Crippen LogP contribution in [0.2, 0.25) is 0 Å². The number of nitrogens with zero attached hydrogens (tertiary/aromatic N) is 1. The van der Waals surface area contributed by atoms with Gasteiger partial charge >= 0.3 is 5.97 Å². The predicted octanol–water partition coefficient (Wildman–Crippen LogP) is 4.47. The van der Waals surface area contributed by atoms with Crippen LogP contribution in [0.15, 0.2) is 54.6 Å². The van der Waals surface area contributed by atoms with Crippen molar-refractivity contribution in [2.45, 2.75) is 19.8 Å². The lowest BCUT2D eigenvalue weighted by Crippen LogP contribution is -2.13. The quantitative estimate of drug-likeness (QED) is 0.338. The summed E-state index contributed by atoms with van der Waals surface area (Å²) in [5.74, 6) is -1.00. The molecular formula is C22H20N2O4S. The SMILES string of the molecule is CCCC(=O)Nc1ccc(C(=O)COC(=O)/C=C/c2nc3ccccc3s2)cc1. The number of anilines is 1. The zero-order valence-corrected chi connectivity index (χ0v) is 16.7. The Balaban J connectivity index is 1.50. The van der Waals surface area contributed by atoms with Crippen LogP contribution in [0.25, 0.3) is 16.3 Å². The van der Waals surface area contributed by atoms with E-state index in [1.165, 1.54) is 17.4 Å². The maximum absolute atomic E-state index is 12.2. The molecule has 0 aliphatic heterocycles. The van der Waals surface area contributed by atoms with Gasteiger partial charge in [-0.05, 0) is 48.9 Å². The van der Waals surface area contributed by atoms with E-state index in [4.69, 9.17) is 4.74 Å². The first-order valence-corrected chi connectivity index (χ1v) is 10.0. The smallest absolute Gasteiger partial charge is 0.331 e. The summed E-state index contributed by atoms with van der Waals surface area (Å²) in [6.45, 7) is 1.57. The van der Waals surface area contributed by atoms with E-state index in [0.717, 1.165) is 16.6 Å². The molecule has 0 aliphatic carbocycles. The molecule has 148 valence electrons. The molecule has 7 heteroatoms. The van der Waals surface area contributed by atoms with Gasteiger partial charge in [-0.2, -0.15) is 0 Å². The number of ketones is 1. The number of hydrogen-bond donors (Lipinski definition) is 1. The van der Waals surface area contributed by atoms with Gasteiger partial charge in [-0.15, -0.1) is 11.3 Å². The molecule has 0 fully saturated rings. The number of amides is 1. The first kappa shape index (κ1) is 20.4. The van der Waals surface area contributed by atoms with Gasteiger partial charge < -0.3 is 10.1 Å². The minimum atomic E-state index is -0.610. The number of esters is 1. The summed E-state index contributed by atoms with van der Waals surface area (Å²) in [4.78, 5) is 40.0. The van der Waals surface area contributed by atoms with Gasteiger partial charge in [0.2, 0.25) is 5.91 Å². The average molecular weight is 408 g/mol. The van der Waals surface area contributed by atoms with Crippen LogP contribution in [0.1, 0.15) is 35.1 Å². The molecule has 1 amide bonds. The maximum Gasteiger partial charge on any atom is 0.331 e. The van der Waals surface area contributed by atoms with Crippen molar-refractivity contribution in [1.82, 2.24) is 4.98 Å². The van der Waals surface area contributed by atoms with Gasteiger partial charge in [0.1, 0.15) is 5.01 Å². The van der Waals surface area contributed by atoms with Crippen LogP contribution < -0.4 is 5.32 Å². The summed E-state index contributed by atoms with van der Waals surface area (Å²) < 4.78 is 6.05. The van der Waals surface area contributed by atoms with Crippen LogP contribution in [-0.2, 0) is 14.3 Å². The van der Waals surface area contributed by atoms with Crippen molar-refractivity contribution in [3.8, 4) is 0 Å². The molecule has 0 saturated carbocycles. The van der Waals surface area contributed by atoms with E-state index < -0.39 is 5.97 Å². The summed E-state index contributed by atoms with van der Waals surface area (Å²) in [5, 5.41) is 3.44. The number of ether oxygens (including phenoxy) is 1. The Bertz CT molecular complexity index is 1020. The van der Waals surface area contributed by atoms with Gasteiger partial charge in [0, 0.05) is 23.7 Å². The highest BCUT2D eigenvalue weighted by atomic mass is 32.1. The number of Topliss-reactive ketones (excluding diaryl/α,β-unsaturated/α-hetero) is 1. The maximum atomic E-state index is 12.2. The lowest BCUT2D eigenvalue weighted by atomic mass is 10.1. The lowest BCUT2D eigenvalue weighted by molar-refractivity contribution is -0.136. The van der Waals surface area contributed by atoms with Gasteiger partial charge in [0.25, 0.3) is 0 Å². The van der Waals surface area contributed by atoms with Crippen molar-refractivity contribution in [2.75, 3.05) is 11.9 Å². The summed E-state index contributed by atoms with van der Waals surface area (Å²) in [5.41, 5.74) is 1.90. The van der Waals surface area contributed by atoms with Gasteiger partial charge in [0.05, 0.1) is 10.2 Å². The number of carbonyl (C=O) groups excluding carboxylic acids is 3. The van der Waals surface area contributed by atoms with Crippen molar-refractivity contribution in [3.05, 3.63) is 65.2 Å². The first-order chi connectivity index (χ1) is 14.0. The minimum absolute atomic E-state index is 0.0691. The Morgan fingerprint density at radius 3 is 2.59 bits per heavy atom. The van der Waals surface area contributed by atoms with Crippen molar-refractivity contribution in [2.24, 2.45) is 0 Å². The second-order valence-electron chi connectivity index (χ2n) is 6.26. The molecule has 0 saturated heterocycles. The Kier molecular flexibility index (Phi) is 6.86. The van der Waals surface area contributed by atoms with Crippen molar-refractivity contribution < 1.29 is 19.1 Å². The number of fused-ring (bicyclic) bond motifs is 1. The molecule has 3 rings (SSSR count). The number of para-hydroxylation sites is 1. The number of thiazole rings is 1. The van der Waals surface area contributed by atoms with Crippen LogP contribution >= 0.6 is 11.3 Å². The topological polar surface area (TPSA) is 85.4 Å². The van der Waals surface area contributed by atoms with E-state index >= 15 is 0 Å². The molecule has 6 nitrogen and oxygen atoms in total. The molecule has 0 spiro atoms. The van der Waals surface area contributed by atoms with E-state index in [2.05, 4.69) is 10.3 Å². The van der Waals surface area contributed by atoms with Crippen molar-refractivity contribution in [1.29, 1.82) is 0 Å². The molecular weight excluding hydrogens is 388 g/mol. The number of benzene rings is 2. The number of carbonyl (C=O) groups is 3. The fourth-order valence-electron chi connectivity index (χ4n) is 2.56. The fraction of sp³-hybridized carbons (Fsp3) is 0.182. The summed E-state index contributed by atoms with van der Waals surface area (Å²) >= 11 is 1.47. The van der Waals surface area contributed by atoms with E-state index in [1.807, 2.05) is 31.2 Å². The third-order valence-electron chi connectivity index (χ3n) is 3.99. The zero-order chi connectivity index (χ0) is 20.6. The molecule has 1 N–H and O–H groups in total. The Hall–Kier alpha value is -3.32. The number of rotatable bonds is 8. The normalized spacial score (nSPS) is 10.9. The molecule has 0 bridgehead atoms. The molecule has 3 aromatic rings. The Labute approximate surface area is 172 Å². The van der Waals surface area contributed by atoms with Crippen LogP contribution in [0.4, 0.5) is 5.69 Å². The average Bonchev–Trinajstić information content (AvgIpc) is 3.14. The molecule has 0 unspecified atom stereocenters. The third kappa shape index (κ3) is 5.83. The van der Waals surface area contributed by atoms with Gasteiger partial charge in [0.15, 0.2) is 12.4 Å². The van der Waals surface area contributed by atoms with Crippen LogP contribution in [0, 0.1) is 0 Å². The third-order valence-corrected chi connectivity index (χ3v) is 4.99. The largest absolute Gasteiger partial charge is 0.454 e. The Morgan fingerprint density at radius 2 is 1.86 bits per heavy atom. The van der Waals surface area contributed by atoms with E-state index in [9.17, 15) is 14.4 Å². The van der Waals surface area contributed by atoms with Crippen LogP contribution in [0.5, 0.6) is 0 Å². The second kappa shape index (κ2) is 9.75. The second-order valence-corrected chi connectivity index (χ2v) is 7.32. The van der Waals surface area contributed by atoms with Crippen LogP contribution in [0.3, 0.4) is 0 Å². The Morgan fingerprint density at radius 1 is 1.10 bits per heavy atom. The molecule has 29 heavy (non-hydrogen) atoms. The van der Waals surface area contributed by atoms with Gasteiger partial charge in [-0.3, -0.25) is 9.59 Å². The van der Waals surface area contributed by atoms with Crippen molar-refractivity contribution >= 4 is 51.0 Å². The number of nitrogens with one attached hydrogen (secondary N) is 1. The summed E-state index contributed by atoms with van der Waals surface area (Å²) in [6.07, 6.45) is 4.05. The molecule has 0 radical (unpaired) electrons. The minimum Gasteiger partial charge on any atom is -0.454 e. The highest BCUT2D eigenvalue weighted by molar-refractivity contribution is 7.19. The molecule has 1 aromatic heterocycles. The summed E-state index contributed by atoms with van der Waals surface area (Å²) in [6, 6.07) is 14.2. The van der Waals surface area contributed by atoms with E-state index in [1.54, 1.807) is 30.3 Å². The highest BCUT2D eigenvalue weighted by Gasteiger charge is 2.09. The van der Waals surface area contributed by atoms with Gasteiger partial charge in [-0.1, -0.05) is 19.1 Å². The van der Waals surface area contributed by atoms with Crippen molar-refractivity contribution in [3.63, 3.8) is 0 Å². The molecule has 0 atom stereocenters. The lowest BCUT2D eigenvalue weighted by Gasteiger charge is -2.06. The number of aromatic nitrogens is 1. The fourth-order valence-corrected chi connectivity index (χ4v) is 3.43. The standard InChI is InChI=1S/C22H20N2O4S/c1-2-5-20(26)23-16-10-8-15(9-11-16)18(25)14-28-22(27)13-12-21-24-17-6-3-4-7-19(17)29-21/h3-4,6-13H,2,5,14H2,1H3,(H,23,26)/b13-12+. The summed E-state index contributed by atoms with van der Waals surface area (Å²) in [7, 11) is 0. The monoisotopic (exact) mass is 408 g/mol. The predicted molar refractivity (Wildman–Crippen MR) is 114 cm³/mol. The van der Waals surface area contributed by atoms with Gasteiger partial charge in [-0.25, -0.2) is 9.78 Å². The van der Waals surface area contributed by atoms with Crippen LogP contribution in [-0.4, -0.2) is 29.3 Å². The molecule has 1 heterocycles. The molecule has 0 aliphatic rings. The number of hydrogen-bond acceptors (Lipinski definition) is 6. The van der Waals surface area contributed by atoms with E-state index in [-0.39, 0.29) is 18.3 Å².